The van der Waals surface area contributed by atoms with Crippen molar-refractivity contribution in [2.24, 2.45) is 0 Å². The van der Waals surface area contributed by atoms with Crippen LogP contribution in [0.25, 0.3) is 11.4 Å². The Morgan fingerprint density at radius 2 is 1.71 bits per heavy atom. The number of nitrogens with zero attached hydrogens (tertiary/aromatic N) is 4. The van der Waals surface area contributed by atoms with Crippen molar-refractivity contribution in [3.05, 3.63) is 63.6 Å². The molecule has 1 aliphatic rings. The summed E-state index contributed by atoms with van der Waals surface area (Å²) in [4.78, 5) is 39.6. The molecule has 11 nitrogen and oxygen atoms in total. The first kappa shape index (κ1) is 39.8. The molecule has 0 saturated carbocycles. The van der Waals surface area contributed by atoms with E-state index in [1.54, 1.807) is 6.92 Å². The van der Waals surface area contributed by atoms with Crippen LogP contribution < -0.4 is 20.9 Å². The van der Waals surface area contributed by atoms with Crippen LogP contribution in [0.4, 0.5) is 33.7 Å². The average Bonchev–Trinajstić information content (AvgIpc) is 2.93. The largest absolute Gasteiger partial charge is 0.485 e. The van der Waals surface area contributed by atoms with Gasteiger partial charge >= 0.3 is 12.2 Å². The minimum Gasteiger partial charge on any atom is -0.485 e. The van der Waals surface area contributed by atoms with Gasteiger partial charge in [0.25, 0.3) is 5.56 Å². The third-order valence-electron chi connectivity index (χ3n) is 6.64. The van der Waals surface area contributed by atoms with Gasteiger partial charge in [0.05, 0.1) is 35.4 Å². The summed E-state index contributed by atoms with van der Waals surface area (Å²) in [5.74, 6) is -0.738. The van der Waals surface area contributed by atoms with Crippen molar-refractivity contribution in [3.63, 3.8) is 0 Å². The van der Waals surface area contributed by atoms with E-state index in [1.807, 2.05) is 11.9 Å². The first-order chi connectivity index (χ1) is 19.9. The summed E-state index contributed by atoms with van der Waals surface area (Å²) < 4.78 is 66.9. The van der Waals surface area contributed by atoms with Crippen LogP contribution in [0.5, 0.6) is 5.75 Å². The zero-order valence-corrected chi connectivity index (χ0v) is 26.9. The van der Waals surface area contributed by atoms with E-state index in [0.29, 0.717) is 43.5 Å². The average molecular weight is 703 g/mol. The normalized spacial score (nSPS) is 13.6. The molecule has 1 fully saturated rings. The van der Waals surface area contributed by atoms with Gasteiger partial charge < -0.3 is 30.0 Å². The highest BCUT2D eigenvalue weighted by atomic mass is 35.5. The van der Waals surface area contributed by atoms with Crippen LogP contribution in [0.1, 0.15) is 16.8 Å². The second-order valence-corrected chi connectivity index (χ2v) is 9.76. The molecule has 45 heavy (non-hydrogen) atoms. The number of benzene rings is 1. The lowest BCUT2D eigenvalue weighted by atomic mass is 10.0. The molecule has 3 heterocycles. The van der Waals surface area contributed by atoms with E-state index in [2.05, 4.69) is 30.5 Å². The van der Waals surface area contributed by atoms with E-state index in [9.17, 15) is 27.2 Å². The lowest BCUT2D eigenvalue weighted by Crippen LogP contribution is -2.44. The number of aryl methyl sites for hydroxylation is 1. The molecule has 1 saturated heterocycles. The monoisotopic (exact) mass is 701 g/mol. The number of H-pyrrole nitrogens is 1. The SMILES string of the molecule is COCCOc1cc(-c2ncc(NC(=O)Nc3cc(C(F)(F)F)c(CN4CCN(C)CC4)cc3F)c(C)n2)c[nH]c1=O.Cl.Cl.Cl. The Hall–Kier alpha value is -3.21. The van der Waals surface area contributed by atoms with Crippen molar-refractivity contribution in [1.29, 1.82) is 0 Å². The molecule has 1 aromatic carbocycles. The first-order valence-electron chi connectivity index (χ1n) is 13.0. The molecule has 0 unspecified atom stereocenters. The third kappa shape index (κ3) is 10.7. The fourth-order valence-corrected chi connectivity index (χ4v) is 4.29. The molecule has 3 N–H and O–H groups in total. The van der Waals surface area contributed by atoms with Crippen molar-refractivity contribution in [2.45, 2.75) is 19.6 Å². The number of aromatic amines is 1. The molecule has 1 aliphatic heterocycles. The van der Waals surface area contributed by atoms with Crippen LogP contribution in [0, 0.1) is 12.7 Å². The van der Waals surface area contributed by atoms with Crippen LogP contribution in [0.3, 0.4) is 0 Å². The standard InChI is InChI=1S/C27H31F4N7O4.3ClH/c1-16-22(14-32-24(34-16)17-11-23(25(39)33-13-17)42-9-8-41-3)36-26(40)35-21-12-19(27(29,30)31)18(10-20(21)28)15-38-6-4-37(2)5-7-38;;;/h10-14H,4-9,15H2,1-3H3,(H,33,39)(H2,35,36,40);3*1H. The van der Waals surface area contributed by atoms with Gasteiger partial charge in [-0.15, -0.1) is 37.2 Å². The van der Waals surface area contributed by atoms with Crippen LogP contribution >= 0.6 is 37.2 Å². The number of carbonyl (C=O) groups is 1. The van der Waals surface area contributed by atoms with E-state index in [4.69, 9.17) is 9.47 Å². The van der Waals surface area contributed by atoms with Crippen molar-refractivity contribution >= 4 is 54.6 Å². The summed E-state index contributed by atoms with van der Waals surface area (Å²) in [6.45, 7) is 4.46. The number of methoxy groups -OCH3 is 1. The number of pyridine rings is 1. The number of anilines is 2. The Morgan fingerprint density at radius 3 is 2.33 bits per heavy atom. The lowest BCUT2D eigenvalue weighted by Gasteiger charge is -2.33. The third-order valence-corrected chi connectivity index (χ3v) is 6.64. The van der Waals surface area contributed by atoms with E-state index < -0.39 is 34.8 Å². The Kier molecular flexibility index (Phi) is 15.5. The minimum atomic E-state index is -4.75. The summed E-state index contributed by atoms with van der Waals surface area (Å²) in [6, 6.07) is 1.90. The topological polar surface area (TPSA) is 125 Å². The number of ether oxygens (including phenoxy) is 2. The molecule has 0 spiro atoms. The number of amides is 2. The molecule has 2 aromatic heterocycles. The first-order valence-corrected chi connectivity index (χ1v) is 13.0. The van der Waals surface area contributed by atoms with Gasteiger partial charge in [-0.05, 0) is 37.7 Å². The number of likely N-dealkylation sites (N-methyl/N-ethyl adjacent to an activating group) is 1. The fourth-order valence-electron chi connectivity index (χ4n) is 4.29. The molecule has 0 aliphatic carbocycles. The number of hydrogen-bond donors (Lipinski definition) is 3. The zero-order chi connectivity index (χ0) is 30.4. The Morgan fingerprint density at radius 1 is 1.04 bits per heavy atom. The Bertz CT molecular complexity index is 1490. The maximum atomic E-state index is 14.9. The maximum absolute atomic E-state index is 14.9. The van der Waals surface area contributed by atoms with E-state index >= 15 is 0 Å². The smallest absolute Gasteiger partial charge is 0.416 e. The van der Waals surface area contributed by atoms with Crippen LogP contribution in [0.2, 0.25) is 0 Å². The predicted octanol–water partition coefficient (Wildman–Crippen LogP) is 4.98. The number of halogens is 7. The molecule has 4 rings (SSSR count). The summed E-state index contributed by atoms with van der Waals surface area (Å²) in [7, 11) is 3.42. The number of alkyl halides is 3. The Balaban J connectivity index is 0.00000337. The van der Waals surface area contributed by atoms with Crippen molar-refractivity contribution < 1.29 is 31.8 Å². The highest BCUT2D eigenvalue weighted by molar-refractivity contribution is 6.00. The number of nitrogens with one attached hydrogen (secondary N) is 3. The summed E-state index contributed by atoms with van der Waals surface area (Å²) >= 11 is 0. The van der Waals surface area contributed by atoms with Gasteiger partial charge in [0.2, 0.25) is 0 Å². The summed E-state index contributed by atoms with van der Waals surface area (Å²) in [6.07, 6.45) is -2.07. The van der Waals surface area contributed by atoms with Crippen LogP contribution in [-0.2, 0) is 17.5 Å². The van der Waals surface area contributed by atoms with Gasteiger partial charge in [0.15, 0.2) is 11.6 Å². The van der Waals surface area contributed by atoms with Gasteiger partial charge in [-0.25, -0.2) is 19.2 Å². The van der Waals surface area contributed by atoms with Crippen molar-refractivity contribution in [2.75, 3.05) is 64.2 Å². The zero-order valence-electron chi connectivity index (χ0n) is 24.5. The number of piperazine rings is 1. The number of carbonyl (C=O) groups excluding carboxylic acids is 1. The van der Waals surface area contributed by atoms with Gasteiger partial charge in [0, 0.05) is 51.6 Å². The van der Waals surface area contributed by atoms with Gasteiger partial charge in [-0.1, -0.05) is 0 Å². The van der Waals surface area contributed by atoms with Gasteiger partial charge in [-0.3, -0.25) is 9.69 Å². The lowest BCUT2D eigenvalue weighted by molar-refractivity contribution is -0.138. The van der Waals surface area contributed by atoms with Crippen LogP contribution in [-0.4, -0.2) is 84.3 Å². The number of aromatic nitrogens is 3. The Labute approximate surface area is 275 Å². The summed E-state index contributed by atoms with van der Waals surface area (Å²) in [5.41, 5.74) is -1.42. The maximum Gasteiger partial charge on any atom is 0.416 e. The van der Waals surface area contributed by atoms with E-state index in [-0.39, 0.29) is 79.8 Å². The molecule has 0 bridgehead atoms. The molecule has 0 atom stereocenters. The van der Waals surface area contributed by atoms with Gasteiger partial charge in [-0.2, -0.15) is 13.2 Å². The molecule has 0 radical (unpaired) electrons. The molecule has 250 valence electrons. The second kappa shape index (κ2) is 17.5. The predicted molar refractivity (Wildman–Crippen MR) is 169 cm³/mol. The number of rotatable bonds is 9. The molecule has 18 heteroatoms. The van der Waals surface area contributed by atoms with E-state index in [0.717, 1.165) is 6.07 Å². The highest BCUT2D eigenvalue weighted by Gasteiger charge is 2.35. The molecular formula is C27H34Cl3F4N7O4. The summed E-state index contributed by atoms with van der Waals surface area (Å²) in [5, 5.41) is 4.58. The molecule has 2 amide bonds. The fraction of sp³-hybridized carbons (Fsp3) is 0.407. The highest BCUT2D eigenvalue weighted by Crippen LogP contribution is 2.36. The number of urea groups is 1. The molecular weight excluding hydrogens is 669 g/mol. The second-order valence-electron chi connectivity index (χ2n) is 9.76. The minimum absolute atomic E-state index is 0. The van der Waals surface area contributed by atoms with Gasteiger partial charge in [0.1, 0.15) is 12.4 Å². The number of hydrogen-bond acceptors (Lipinski definition) is 8. The quantitative estimate of drug-likeness (QED) is 0.211. The van der Waals surface area contributed by atoms with E-state index in [1.165, 1.54) is 25.6 Å². The van der Waals surface area contributed by atoms with Crippen LogP contribution in [0.15, 0.2) is 35.4 Å². The molecule has 3 aromatic rings. The van der Waals surface area contributed by atoms with Crippen molar-refractivity contribution in [1.82, 2.24) is 24.8 Å². The van der Waals surface area contributed by atoms with Crippen molar-refractivity contribution in [3.8, 4) is 17.1 Å².